The minimum Gasteiger partial charge on any atom is -0.389 e. The maximum absolute atomic E-state index is 12.8. The van der Waals surface area contributed by atoms with E-state index in [0.717, 1.165) is 5.56 Å². The molecule has 3 rings (SSSR count). The summed E-state index contributed by atoms with van der Waals surface area (Å²) < 4.78 is 29.4. The fraction of sp³-hybridized carbons (Fsp3) is 0.333. The molecule has 154 valence electrons. The SMILES string of the molecule is Cc1cc(C)c(S(=O)(=O)NCC(C)(C)O)cc1-c1cnc(N)c(-n2cncn2)n1. The zero-order valence-corrected chi connectivity index (χ0v) is 17.4. The Morgan fingerprint density at radius 1 is 1.24 bits per heavy atom. The van der Waals surface area contributed by atoms with Crippen LogP contribution in [-0.2, 0) is 10.0 Å². The van der Waals surface area contributed by atoms with Crippen molar-refractivity contribution in [3.63, 3.8) is 0 Å². The second-order valence-corrected chi connectivity index (χ2v) is 9.11. The number of nitrogens with one attached hydrogen (secondary N) is 1. The highest BCUT2D eigenvalue weighted by Gasteiger charge is 2.23. The largest absolute Gasteiger partial charge is 0.389 e. The number of nitrogens with zero attached hydrogens (tertiary/aromatic N) is 5. The lowest BCUT2D eigenvalue weighted by molar-refractivity contribution is 0.0857. The number of aromatic nitrogens is 5. The van der Waals surface area contributed by atoms with E-state index in [9.17, 15) is 13.5 Å². The third-order valence-electron chi connectivity index (χ3n) is 4.20. The molecule has 0 unspecified atom stereocenters. The Balaban J connectivity index is 2.08. The number of sulfonamides is 1. The monoisotopic (exact) mass is 417 g/mol. The van der Waals surface area contributed by atoms with Crippen molar-refractivity contribution < 1.29 is 13.5 Å². The molecule has 0 spiro atoms. The minimum atomic E-state index is -3.84. The first-order valence-electron chi connectivity index (χ1n) is 8.79. The molecule has 0 saturated carbocycles. The summed E-state index contributed by atoms with van der Waals surface area (Å²) >= 11 is 0. The highest BCUT2D eigenvalue weighted by atomic mass is 32.2. The molecule has 29 heavy (non-hydrogen) atoms. The molecule has 0 radical (unpaired) electrons. The van der Waals surface area contributed by atoms with Gasteiger partial charge in [0.05, 0.1) is 22.4 Å². The van der Waals surface area contributed by atoms with Gasteiger partial charge in [-0.3, -0.25) is 0 Å². The number of benzene rings is 1. The van der Waals surface area contributed by atoms with Crippen LogP contribution in [-0.4, -0.2) is 50.4 Å². The molecule has 1 aromatic carbocycles. The number of nitrogen functional groups attached to an aromatic ring is 1. The van der Waals surface area contributed by atoms with Crippen molar-refractivity contribution in [1.29, 1.82) is 0 Å². The average Bonchev–Trinajstić information content (AvgIpc) is 3.14. The van der Waals surface area contributed by atoms with Crippen LogP contribution in [0.4, 0.5) is 5.82 Å². The van der Waals surface area contributed by atoms with Gasteiger partial charge in [0.1, 0.15) is 12.7 Å². The van der Waals surface area contributed by atoms with Crippen LogP contribution in [0, 0.1) is 13.8 Å². The quantitative estimate of drug-likeness (QED) is 0.537. The molecular weight excluding hydrogens is 394 g/mol. The van der Waals surface area contributed by atoms with Crippen LogP contribution in [0.5, 0.6) is 0 Å². The van der Waals surface area contributed by atoms with Crippen molar-refractivity contribution in [2.24, 2.45) is 0 Å². The maximum Gasteiger partial charge on any atom is 0.240 e. The van der Waals surface area contributed by atoms with Gasteiger partial charge in [-0.15, -0.1) is 0 Å². The molecule has 10 nitrogen and oxygen atoms in total. The van der Waals surface area contributed by atoms with Gasteiger partial charge in [-0.1, -0.05) is 6.07 Å². The molecule has 0 fully saturated rings. The van der Waals surface area contributed by atoms with Crippen LogP contribution in [0.1, 0.15) is 25.0 Å². The van der Waals surface area contributed by atoms with Crippen LogP contribution >= 0.6 is 0 Å². The molecule has 2 heterocycles. The van der Waals surface area contributed by atoms with Gasteiger partial charge in [-0.25, -0.2) is 28.1 Å². The number of aryl methyl sites for hydroxylation is 2. The lowest BCUT2D eigenvalue weighted by Crippen LogP contribution is -2.38. The van der Waals surface area contributed by atoms with Crippen molar-refractivity contribution in [1.82, 2.24) is 29.5 Å². The van der Waals surface area contributed by atoms with E-state index in [1.807, 2.05) is 6.92 Å². The molecule has 0 aliphatic rings. The van der Waals surface area contributed by atoms with Crippen LogP contribution < -0.4 is 10.5 Å². The first-order valence-corrected chi connectivity index (χ1v) is 10.3. The van der Waals surface area contributed by atoms with Crippen LogP contribution in [0.15, 0.2) is 35.9 Å². The second kappa shape index (κ2) is 7.50. The van der Waals surface area contributed by atoms with Crippen molar-refractivity contribution >= 4 is 15.8 Å². The van der Waals surface area contributed by atoms with E-state index in [1.165, 1.54) is 37.4 Å². The lowest BCUT2D eigenvalue weighted by atomic mass is 10.0. The molecule has 0 atom stereocenters. The number of rotatable bonds is 6. The van der Waals surface area contributed by atoms with E-state index in [-0.39, 0.29) is 17.3 Å². The summed E-state index contributed by atoms with van der Waals surface area (Å²) in [6.45, 7) is 6.51. The average molecular weight is 417 g/mol. The highest BCUT2D eigenvalue weighted by Crippen LogP contribution is 2.28. The fourth-order valence-electron chi connectivity index (χ4n) is 2.75. The molecule has 2 aromatic heterocycles. The standard InChI is InChI=1S/C18H23N7O3S/c1-11-5-12(2)15(29(27,28)23-8-18(3,4)26)6-13(11)14-7-21-16(19)17(24-14)25-10-20-9-22-25/h5-7,9-10,23,26H,8H2,1-4H3,(H2,19,21). The van der Waals surface area contributed by atoms with E-state index in [4.69, 9.17) is 5.73 Å². The number of anilines is 1. The number of nitrogens with two attached hydrogens (primary N) is 1. The number of hydrogen-bond donors (Lipinski definition) is 3. The lowest BCUT2D eigenvalue weighted by Gasteiger charge is -2.19. The molecule has 0 aliphatic carbocycles. The predicted octanol–water partition coefficient (Wildman–Crippen LogP) is 0.973. The number of aliphatic hydroxyl groups is 1. The summed E-state index contributed by atoms with van der Waals surface area (Å²) in [5.74, 6) is 0.466. The van der Waals surface area contributed by atoms with Gasteiger partial charge < -0.3 is 10.8 Å². The summed E-state index contributed by atoms with van der Waals surface area (Å²) in [4.78, 5) is 12.6. The molecule has 11 heteroatoms. The zero-order valence-electron chi connectivity index (χ0n) is 16.6. The maximum atomic E-state index is 12.8. The van der Waals surface area contributed by atoms with Gasteiger partial charge in [0.15, 0.2) is 11.6 Å². The van der Waals surface area contributed by atoms with Crippen LogP contribution in [0.25, 0.3) is 17.1 Å². The van der Waals surface area contributed by atoms with Crippen molar-refractivity contribution in [2.45, 2.75) is 38.2 Å². The van der Waals surface area contributed by atoms with E-state index in [2.05, 4.69) is 24.8 Å². The fourth-order valence-corrected chi connectivity index (χ4v) is 4.21. The van der Waals surface area contributed by atoms with E-state index in [0.29, 0.717) is 22.6 Å². The Morgan fingerprint density at radius 2 is 1.97 bits per heavy atom. The Kier molecular flexibility index (Phi) is 5.39. The van der Waals surface area contributed by atoms with Gasteiger partial charge in [0.2, 0.25) is 10.0 Å². The van der Waals surface area contributed by atoms with E-state index < -0.39 is 15.6 Å². The molecular formula is C18H23N7O3S. The van der Waals surface area contributed by atoms with Crippen molar-refractivity contribution in [2.75, 3.05) is 12.3 Å². The minimum absolute atomic E-state index is 0.100. The van der Waals surface area contributed by atoms with Crippen LogP contribution in [0.3, 0.4) is 0 Å². The van der Waals surface area contributed by atoms with Gasteiger partial charge in [-0.05, 0) is 44.9 Å². The second-order valence-electron chi connectivity index (χ2n) is 7.37. The smallest absolute Gasteiger partial charge is 0.240 e. The highest BCUT2D eigenvalue weighted by molar-refractivity contribution is 7.89. The normalized spacial score (nSPS) is 12.3. The Morgan fingerprint density at radius 3 is 2.59 bits per heavy atom. The third kappa shape index (κ3) is 4.58. The summed E-state index contributed by atoms with van der Waals surface area (Å²) in [5.41, 5.74) is 7.17. The van der Waals surface area contributed by atoms with Gasteiger partial charge in [-0.2, -0.15) is 9.78 Å². The molecule has 0 amide bonds. The Labute approximate surface area is 168 Å². The topological polar surface area (TPSA) is 149 Å². The number of hydrogen-bond acceptors (Lipinski definition) is 8. The third-order valence-corrected chi connectivity index (χ3v) is 5.74. The van der Waals surface area contributed by atoms with Gasteiger partial charge in [0, 0.05) is 12.1 Å². The van der Waals surface area contributed by atoms with Crippen molar-refractivity contribution in [3.8, 4) is 17.1 Å². The summed E-state index contributed by atoms with van der Waals surface area (Å²) in [5, 5.41) is 13.9. The predicted molar refractivity (Wildman–Crippen MR) is 108 cm³/mol. The molecule has 0 bridgehead atoms. The molecule has 0 saturated heterocycles. The van der Waals surface area contributed by atoms with Crippen molar-refractivity contribution in [3.05, 3.63) is 42.1 Å². The van der Waals surface area contributed by atoms with Gasteiger partial charge >= 0.3 is 0 Å². The first kappa shape index (κ1) is 20.8. The summed E-state index contributed by atoms with van der Waals surface area (Å²) in [6.07, 6.45) is 4.28. The summed E-state index contributed by atoms with van der Waals surface area (Å²) in [7, 11) is -3.84. The van der Waals surface area contributed by atoms with Crippen LogP contribution in [0.2, 0.25) is 0 Å². The Bertz CT molecular complexity index is 1140. The summed E-state index contributed by atoms with van der Waals surface area (Å²) in [6, 6.07) is 3.31. The molecule has 3 aromatic rings. The van der Waals surface area contributed by atoms with Gasteiger partial charge in [0.25, 0.3) is 0 Å². The van der Waals surface area contributed by atoms with E-state index >= 15 is 0 Å². The molecule has 4 N–H and O–H groups in total. The van der Waals surface area contributed by atoms with E-state index in [1.54, 1.807) is 19.1 Å². The first-order chi connectivity index (χ1) is 13.5. The zero-order chi connectivity index (χ0) is 21.4. The molecule has 0 aliphatic heterocycles. The Hall–Kier alpha value is -2.89.